The van der Waals surface area contributed by atoms with Crippen LogP contribution >= 0.6 is 23.2 Å². The lowest BCUT2D eigenvalue weighted by atomic mass is 10.0. The molecule has 3 atom stereocenters. The lowest BCUT2D eigenvalue weighted by molar-refractivity contribution is 0.248. The molecule has 1 saturated heterocycles. The molecule has 1 aliphatic heterocycles. The molecule has 2 aromatic carbocycles. The van der Waals surface area contributed by atoms with Crippen LogP contribution in [0.2, 0.25) is 10.0 Å². The van der Waals surface area contributed by atoms with E-state index in [0.29, 0.717) is 57.9 Å². The first-order valence-corrected chi connectivity index (χ1v) is 13.6. The highest BCUT2D eigenvalue weighted by Gasteiger charge is 2.30. The first-order chi connectivity index (χ1) is 17.5. The summed E-state index contributed by atoms with van der Waals surface area (Å²) in [6.07, 6.45) is 2.19. The average molecular weight is 544 g/mol. The molecule has 0 saturated carbocycles. The third-order valence-electron chi connectivity index (χ3n) is 7.18. The molecule has 3 aromatic rings. The first-order valence-electron chi connectivity index (χ1n) is 12.9. The molecule has 198 valence electrons. The highest BCUT2D eigenvalue weighted by Crippen LogP contribution is 2.26. The van der Waals surface area contributed by atoms with Crippen LogP contribution in [0.1, 0.15) is 40.2 Å². The Labute approximate surface area is 228 Å². The highest BCUT2D eigenvalue weighted by molar-refractivity contribution is 6.35. The van der Waals surface area contributed by atoms with Crippen LogP contribution in [-0.2, 0) is 13.0 Å². The molecular weight excluding hydrogens is 507 g/mol. The van der Waals surface area contributed by atoms with E-state index in [1.54, 1.807) is 23.0 Å². The fraction of sp³-hybridized carbons (Fsp3) is 0.464. The van der Waals surface area contributed by atoms with Crippen LogP contribution < -0.4 is 15.8 Å². The number of nitrogens with zero attached hydrogens (tertiary/aromatic N) is 4. The molecule has 37 heavy (non-hydrogen) atoms. The number of benzene rings is 2. The van der Waals surface area contributed by atoms with Gasteiger partial charge in [-0.2, -0.15) is 0 Å². The van der Waals surface area contributed by atoms with Crippen LogP contribution in [0.3, 0.4) is 0 Å². The second-order valence-electron chi connectivity index (χ2n) is 10.5. The van der Waals surface area contributed by atoms with Gasteiger partial charge in [-0.3, -0.25) is 14.8 Å². The summed E-state index contributed by atoms with van der Waals surface area (Å²) < 4.78 is 1.62. The number of rotatable bonds is 6. The van der Waals surface area contributed by atoms with Gasteiger partial charge in [0.25, 0.3) is 5.56 Å². The topological polar surface area (TPSA) is 77.3 Å². The lowest BCUT2D eigenvalue weighted by Gasteiger charge is -2.43. The second kappa shape index (κ2) is 11.4. The van der Waals surface area contributed by atoms with Crippen molar-refractivity contribution in [1.29, 1.82) is 5.41 Å². The minimum Gasteiger partial charge on any atom is -0.340 e. The predicted octanol–water partition coefficient (Wildman–Crippen LogP) is 5.41. The van der Waals surface area contributed by atoms with Crippen LogP contribution in [-0.4, -0.2) is 51.6 Å². The Morgan fingerprint density at radius 1 is 1.14 bits per heavy atom. The van der Waals surface area contributed by atoms with Gasteiger partial charge in [0.15, 0.2) is 5.96 Å². The minimum atomic E-state index is -0.0927. The number of aryl methyl sites for hydroxylation is 2. The van der Waals surface area contributed by atoms with Crippen molar-refractivity contribution in [3.05, 3.63) is 68.7 Å². The normalized spacial score (nSPS) is 18.9. The van der Waals surface area contributed by atoms with E-state index in [-0.39, 0.29) is 11.6 Å². The number of fused-ring (bicyclic) bond motifs is 1. The summed E-state index contributed by atoms with van der Waals surface area (Å²) in [5, 5.41) is 14.4. The molecule has 0 aliphatic carbocycles. The maximum atomic E-state index is 13.3. The largest absolute Gasteiger partial charge is 0.340 e. The fourth-order valence-corrected chi connectivity index (χ4v) is 5.42. The van der Waals surface area contributed by atoms with Gasteiger partial charge >= 0.3 is 0 Å². The first kappa shape index (κ1) is 27.4. The van der Waals surface area contributed by atoms with E-state index in [1.807, 2.05) is 24.3 Å². The SMILES string of the molecule is CC(C)C(C)N(C(=N)N1C[C@@H](C)N[C@@H](C)C1)c1ccc2c(=O)n(CCc3ccc(Cl)cc3Cl)cnc2c1. The molecule has 0 bridgehead atoms. The number of hydrogen-bond donors (Lipinski definition) is 2. The lowest BCUT2D eigenvalue weighted by Crippen LogP contribution is -2.60. The van der Waals surface area contributed by atoms with Crippen molar-refractivity contribution in [3.8, 4) is 0 Å². The molecule has 7 nitrogen and oxygen atoms in total. The molecule has 2 N–H and O–H groups in total. The van der Waals surface area contributed by atoms with Crippen molar-refractivity contribution in [3.63, 3.8) is 0 Å². The monoisotopic (exact) mass is 542 g/mol. The molecule has 1 unspecified atom stereocenters. The number of piperazine rings is 1. The molecule has 2 heterocycles. The Morgan fingerprint density at radius 3 is 2.49 bits per heavy atom. The van der Waals surface area contributed by atoms with E-state index >= 15 is 0 Å². The quantitative estimate of drug-likeness (QED) is 0.321. The summed E-state index contributed by atoms with van der Waals surface area (Å²) in [7, 11) is 0. The minimum absolute atomic E-state index is 0.0925. The maximum Gasteiger partial charge on any atom is 0.261 e. The standard InChI is InChI=1S/C28H36Cl2N6O/c1-17(2)20(5)36(28(31)35-14-18(3)33-19(4)15-35)23-8-9-24-26(13-23)32-16-34(27(24)37)11-10-21-6-7-22(29)12-25(21)30/h6-9,12-13,16-20,31,33H,10-11,14-15H2,1-5H3/t18-,19+,20?. The summed E-state index contributed by atoms with van der Waals surface area (Å²) in [5.41, 5.74) is 2.33. The zero-order chi connectivity index (χ0) is 26.9. The van der Waals surface area contributed by atoms with Crippen molar-refractivity contribution in [1.82, 2.24) is 19.8 Å². The zero-order valence-corrected chi connectivity index (χ0v) is 23.6. The number of anilines is 1. The molecule has 1 aromatic heterocycles. The van der Waals surface area contributed by atoms with Crippen LogP contribution in [0.25, 0.3) is 10.9 Å². The maximum absolute atomic E-state index is 13.3. The Hall–Kier alpha value is -2.61. The number of halogens is 2. The zero-order valence-electron chi connectivity index (χ0n) is 22.1. The molecule has 4 rings (SSSR count). The van der Waals surface area contributed by atoms with Gasteiger partial charge in [-0.05, 0) is 69.0 Å². The second-order valence-corrected chi connectivity index (χ2v) is 11.3. The van der Waals surface area contributed by atoms with Gasteiger partial charge in [0.2, 0.25) is 0 Å². The summed E-state index contributed by atoms with van der Waals surface area (Å²) >= 11 is 12.3. The van der Waals surface area contributed by atoms with Crippen LogP contribution in [0, 0.1) is 11.3 Å². The summed E-state index contributed by atoms with van der Waals surface area (Å²) in [4.78, 5) is 22.1. The van der Waals surface area contributed by atoms with Crippen molar-refractivity contribution in [2.75, 3.05) is 18.0 Å². The van der Waals surface area contributed by atoms with Gasteiger partial charge in [-0.25, -0.2) is 4.98 Å². The molecule has 0 amide bonds. The summed E-state index contributed by atoms with van der Waals surface area (Å²) in [5.74, 6) is 0.809. The van der Waals surface area contributed by atoms with E-state index in [9.17, 15) is 4.79 Å². The number of nitrogens with one attached hydrogen (secondary N) is 2. The van der Waals surface area contributed by atoms with Gasteiger partial charge < -0.3 is 15.1 Å². The van der Waals surface area contributed by atoms with Gasteiger partial charge in [0, 0.05) is 53.5 Å². The number of guanidine groups is 1. The van der Waals surface area contributed by atoms with E-state index in [1.165, 1.54) is 0 Å². The summed E-state index contributed by atoms with van der Waals surface area (Å²) in [6.45, 7) is 12.8. The third-order valence-corrected chi connectivity index (χ3v) is 7.77. The van der Waals surface area contributed by atoms with E-state index in [0.717, 1.165) is 24.3 Å². The highest BCUT2D eigenvalue weighted by atomic mass is 35.5. The van der Waals surface area contributed by atoms with Crippen molar-refractivity contribution in [2.45, 2.75) is 65.7 Å². The van der Waals surface area contributed by atoms with Crippen molar-refractivity contribution in [2.24, 2.45) is 5.92 Å². The van der Waals surface area contributed by atoms with Gasteiger partial charge in [0.1, 0.15) is 0 Å². The predicted molar refractivity (Wildman–Crippen MR) is 154 cm³/mol. The van der Waals surface area contributed by atoms with E-state index < -0.39 is 0 Å². The molecule has 9 heteroatoms. The molecule has 1 aliphatic rings. The van der Waals surface area contributed by atoms with Crippen LogP contribution in [0.5, 0.6) is 0 Å². The van der Waals surface area contributed by atoms with Crippen LogP contribution in [0.4, 0.5) is 5.69 Å². The molecular formula is C28H36Cl2N6O. The Morgan fingerprint density at radius 2 is 1.84 bits per heavy atom. The van der Waals surface area contributed by atoms with Gasteiger partial charge in [0.05, 0.1) is 17.2 Å². The van der Waals surface area contributed by atoms with Crippen LogP contribution in [0.15, 0.2) is 47.5 Å². The van der Waals surface area contributed by atoms with Gasteiger partial charge in [-0.1, -0.05) is 43.1 Å². The average Bonchev–Trinajstić information content (AvgIpc) is 2.84. The molecule has 0 radical (unpaired) electrons. The number of aromatic nitrogens is 2. The molecule has 0 spiro atoms. The van der Waals surface area contributed by atoms with Gasteiger partial charge in [-0.15, -0.1) is 0 Å². The Balaban J connectivity index is 1.63. The van der Waals surface area contributed by atoms with Crippen molar-refractivity contribution >= 4 is 45.8 Å². The Kier molecular flexibility index (Phi) is 8.46. The fourth-order valence-electron chi connectivity index (χ4n) is 4.92. The number of hydrogen-bond acceptors (Lipinski definition) is 4. The smallest absolute Gasteiger partial charge is 0.261 e. The van der Waals surface area contributed by atoms with E-state index in [4.69, 9.17) is 28.6 Å². The molecule has 1 fully saturated rings. The third kappa shape index (κ3) is 6.11. The summed E-state index contributed by atoms with van der Waals surface area (Å²) in [6, 6.07) is 11.8. The Bertz CT molecular complexity index is 1330. The van der Waals surface area contributed by atoms with Crippen molar-refractivity contribution < 1.29 is 0 Å². The van der Waals surface area contributed by atoms with E-state index in [2.05, 4.69) is 54.7 Å².